The van der Waals surface area contributed by atoms with Crippen molar-refractivity contribution in [1.29, 1.82) is 0 Å². The average Bonchev–Trinajstić information content (AvgIpc) is 2.94. The van der Waals surface area contributed by atoms with Gasteiger partial charge in [-0.05, 0) is 36.8 Å². The van der Waals surface area contributed by atoms with Crippen molar-refractivity contribution in [2.75, 3.05) is 6.54 Å². The van der Waals surface area contributed by atoms with Crippen LogP contribution in [0.2, 0.25) is 0 Å². The number of guanidine groups is 1. The van der Waals surface area contributed by atoms with E-state index in [4.69, 9.17) is 0 Å². The van der Waals surface area contributed by atoms with Crippen LogP contribution in [0.25, 0.3) is 11.0 Å². The molecule has 7 heteroatoms. The number of imidazole rings is 1. The summed E-state index contributed by atoms with van der Waals surface area (Å²) in [6.07, 6.45) is 0. The predicted molar refractivity (Wildman–Crippen MR) is 114 cm³/mol. The molecule has 0 radical (unpaired) electrons. The Bertz CT molecular complexity index is 891. The summed E-state index contributed by atoms with van der Waals surface area (Å²) in [6.45, 7) is 3.72. The van der Waals surface area contributed by atoms with Crippen LogP contribution in [-0.2, 0) is 20.1 Å². The fourth-order valence-corrected chi connectivity index (χ4v) is 2.66. The molecule has 5 nitrogen and oxygen atoms in total. The Balaban J connectivity index is 0.00000243. The standard InChI is InChI=1S/C19H22FN5.HI/c1-3-21-19(22-12-14-7-6-8-15(20)11-14)23-13-18-24-16-9-4-5-10-17(16)25(18)2;/h4-11H,3,12-13H2,1-2H3,(H2,21,22,23);1H. The maximum Gasteiger partial charge on any atom is 0.191 e. The van der Waals surface area contributed by atoms with E-state index in [1.807, 2.05) is 38.2 Å². The van der Waals surface area contributed by atoms with Crippen molar-refractivity contribution in [1.82, 2.24) is 20.2 Å². The van der Waals surface area contributed by atoms with Gasteiger partial charge in [0.25, 0.3) is 0 Å². The first-order chi connectivity index (χ1) is 12.2. The van der Waals surface area contributed by atoms with Gasteiger partial charge in [0.05, 0.1) is 24.1 Å². The van der Waals surface area contributed by atoms with E-state index in [2.05, 4.69) is 31.2 Å². The average molecular weight is 467 g/mol. The van der Waals surface area contributed by atoms with Crippen LogP contribution in [0, 0.1) is 5.82 Å². The van der Waals surface area contributed by atoms with Gasteiger partial charge in [-0.1, -0.05) is 24.3 Å². The molecule has 138 valence electrons. The lowest BCUT2D eigenvalue weighted by molar-refractivity contribution is 0.625. The van der Waals surface area contributed by atoms with E-state index in [0.29, 0.717) is 19.0 Å². The third-order valence-corrected chi connectivity index (χ3v) is 3.95. The molecule has 1 aromatic heterocycles. The number of rotatable bonds is 5. The summed E-state index contributed by atoms with van der Waals surface area (Å²) in [6, 6.07) is 14.5. The van der Waals surface area contributed by atoms with Crippen molar-refractivity contribution in [2.24, 2.45) is 12.0 Å². The number of fused-ring (bicyclic) bond motifs is 1. The molecule has 3 aromatic rings. The van der Waals surface area contributed by atoms with Crippen molar-refractivity contribution in [3.05, 3.63) is 65.7 Å². The van der Waals surface area contributed by atoms with E-state index >= 15 is 0 Å². The van der Waals surface area contributed by atoms with Gasteiger partial charge in [0.1, 0.15) is 11.6 Å². The number of aliphatic imine (C=N–C) groups is 1. The highest BCUT2D eigenvalue weighted by Crippen LogP contribution is 2.13. The largest absolute Gasteiger partial charge is 0.357 e. The topological polar surface area (TPSA) is 54.2 Å². The molecular formula is C19H23FIN5. The first-order valence-corrected chi connectivity index (χ1v) is 8.34. The van der Waals surface area contributed by atoms with Gasteiger partial charge in [-0.3, -0.25) is 0 Å². The third kappa shape index (κ3) is 4.94. The van der Waals surface area contributed by atoms with Gasteiger partial charge in [-0.15, -0.1) is 24.0 Å². The Morgan fingerprint density at radius 1 is 1.15 bits per heavy atom. The molecule has 0 atom stereocenters. The summed E-state index contributed by atoms with van der Waals surface area (Å²) in [4.78, 5) is 9.16. The summed E-state index contributed by atoms with van der Waals surface area (Å²) in [5.41, 5.74) is 2.91. The minimum absolute atomic E-state index is 0. The highest BCUT2D eigenvalue weighted by molar-refractivity contribution is 14.0. The van der Waals surface area contributed by atoms with Crippen molar-refractivity contribution in [3.8, 4) is 0 Å². The van der Waals surface area contributed by atoms with Crippen LogP contribution >= 0.6 is 24.0 Å². The Kier molecular flexibility index (Phi) is 7.38. The number of hydrogen-bond acceptors (Lipinski definition) is 2. The second kappa shape index (κ2) is 9.51. The molecule has 0 unspecified atom stereocenters. The van der Waals surface area contributed by atoms with Crippen molar-refractivity contribution < 1.29 is 4.39 Å². The molecule has 1 heterocycles. The molecule has 0 fully saturated rings. The van der Waals surface area contributed by atoms with Gasteiger partial charge in [-0.2, -0.15) is 0 Å². The molecular weight excluding hydrogens is 444 g/mol. The zero-order chi connectivity index (χ0) is 17.6. The van der Waals surface area contributed by atoms with E-state index in [1.54, 1.807) is 6.07 Å². The molecule has 0 saturated carbocycles. The number of nitrogens with zero attached hydrogens (tertiary/aromatic N) is 3. The van der Waals surface area contributed by atoms with E-state index in [-0.39, 0.29) is 29.8 Å². The lowest BCUT2D eigenvalue weighted by Crippen LogP contribution is -2.37. The fraction of sp³-hybridized carbons (Fsp3) is 0.263. The quantitative estimate of drug-likeness (QED) is 0.343. The normalized spacial score (nSPS) is 11.3. The molecule has 0 aliphatic heterocycles. The fourth-order valence-electron chi connectivity index (χ4n) is 2.66. The SMILES string of the molecule is CCNC(=NCc1cccc(F)c1)NCc1nc2ccccc2n1C.I. The maximum absolute atomic E-state index is 13.3. The smallest absolute Gasteiger partial charge is 0.191 e. The van der Waals surface area contributed by atoms with E-state index < -0.39 is 0 Å². The first kappa shape index (κ1) is 20.2. The number of para-hydroxylation sites is 2. The molecule has 26 heavy (non-hydrogen) atoms. The van der Waals surface area contributed by atoms with Gasteiger partial charge < -0.3 is 15.2 Å². The lowest BCUT2D eigenvalue weighted by atomic mass is 10.2. The van der Waals surface area contributed by atoms with Crippen LogP contribution in [0.4, 0.5) is 4.39 Å². The van der Waals surface area contributed by atoms with E-state index in [9.17, 15) is 4.39 Å². The van der Waals surface area contributed by atoms with Crippen LogP contribution in [0.1, 0.15) is 18.3 Å². The van der Waals surface area contributed by atoms with Crippen LogP contribution in [0.5, 0.6) is 0 Å². The van der Waals surface area contributed by atoms with Crippen molar-refractivity contribution >= 4 is 41.0 Å². The highest BCUT2D eigenvalue weighted by Gasteiger charge is 2.07. The molecule has 0 spiro atoms. The van der Waals surface area contributed by atoms with Gasteiger partial charge in [0, 0.05) is 13.6 Å². The molecule has 2 N–H and O–H groups in total. The molecule has 0 bridgehead atoms. The maximum atomic E-state index is 13.3. The molecule has 0 aliphatic rings. The number of hydrogen-bond donors (Lipinski definition) is 2. The highest BCUT2D eigenvalue weighted by atomic mass is 127. The second-order valence-corrected chi connectivity index (χ2v) is 5.75. The Labute approximate surface area is 169 Å². The first-order valence-electron chi connectivity index (χ1n) is 8.34. The lowest BCUT2D eigenvalue weighted by Gasteiger charge is -2.11. The second-order valence-electron chi connectivity index (χ2n) is 5.75. The summed E-state index contributed by atoms with van der Waals surface area (Å²) in [5.74, 6) is 1.36. The van der Waals surface area contributed by atoms with Crippen LogP contribution in [-0.4, -0.2) is 22.1 Å². The van der Waals surface area contributed by atoms with Gasteiger partial charge in [-0.25, -0.2) is 14.4 Å². The number of aromatic nitrogens is 2. The number of halogens is 2. The molecule has 0 saturated heterocycles. The van der Waals surface area contributed by atoms with Crippen LogP contribution in [0.15, 0.2) is 53.5 Å². The number of benzene rings is 2. The summed E-state index contributed by atoms with van der Waals surface area (Å²) < 4.78 is 15.3. The minimum atomic E-state index is -0.245. The van der Waals surface area contributed by atoms with Gasteiger partial charge in [0.2, 0.25) is 0 Å². The summed E-state index contributed by atoms with van der Waals surface area (Å²) >= 11 is 0. The molecule has 0 aliphatic carbocycles. The van der Waals surface area contributed by atoms with Gasteiger partial charge >= 0.3 is 0 Å². The monoisotopic (exact) mass is 467 g/mol. The Hall–Kier alpha value is -2.16. The third-order valence-electron chi connectivity index (χ3n) is 3.95. The molecule has 2 aromatic carbocycles. The zero-order valence-electron chi connectivity index (χ0n) is 14.9. The summed E-state index contributed by atoms with van der Waals surface area (Å²) in [7, 11) is 2.00. The number of aryl methyl sites for hydroxylation is 1. The number of nitrogens with one attached hydrogen (secondary N) is 2. The van der Waals surface area contributed by atoms with Crippen molar-refractivity contribution in [2.45, 2.75) is 20.0 Å². The molecule has 3 rings (SSSR count). The van der Waals surface area contributed by atoms with Crippen molar-refractivity contribution in [3.63, 3.8) is 0 Å². The zero-order valence-corrected chi connectivity index (χ0v) is 17.2. The van der Waals surface area contributed by atoms with E-state index in [0.717, 1.165) is 29.0 Å². The Morgan fingerprint density at radius 3 is 2.69 bits per heavy atom. The minimum Gasteiger partial charge on any atom is -0.357 e. The summed E-state index contributed by atoms with van der Waals surface area (Å²) in [5, 5.41) is 6.48. The van der Waals surface area contributed by atoms with E-state index in [1.165, 1.54) is 12.1 Å². The predicted octanol–water partition coefficient (Wildman–Crippen LogP) is 3.59. The molecule has 0 amide bonds. The van der Waals surface area contributed by atoms with Crippen LogP contribution < -0.4 is 10.6 Å². The van der Waals surface area contributed by atoms with Gasteiger partial charge in [0.15, 0.2) is 5.96 Å². The van der Waals surface area contributed by atoms with Crippen LogP contribution in [0.3, 0.4) is 0 Å². The Morgan fingerprint density at radius 2 is 1.96 bits per heavy atom.